The first-order valence-corrected chi connectivity index (χ1v) is 9.50. The number of aromatic nitrogens is 1. The first-order chi connectivity index (χ1) is 12.3. The number of amides is 1. The number of hydrogen-bond acceptors (Lipinski definition) is 3. The van der Waals surface area contributed by atoms with Gasteiger partial charge in [-0.05, 0) is 55.7 Å². The molecular weight excluding hydrogens is 312 g/mol. The molecule has 0 bridgehead atoms. The molecule has 0 aliphatic carbocycles. The summed E-state index contributed by atoms with van der Waals surface area (Å²) in [5, 5.41) is 1.27. The average molecular weight is 338 g/mol. The molecule has 25 heavy (non-hydrogen) atoms. The molecular formula is C21H26N2O2. The summed E-state index contributed by atoms with van der Waals surface area (Å²) in [5.41, 5.74) is 2.46. The van der Waals surface area contributed by atoms with Crippen LogP contribution in [0.2, 0.25) is 0 Å². The summed E-state index contributed by atoms with van der Waals surface area (Å²) in [6.07, 6.45) is 7.19. The average Bonchev–Trinajstić information content (AvgIpc) is 2.69. The van der Waals surface area contributed by atoms with Crippen molar-refractivity contribution >= 4 is 16.8 Å². The number of nitrogens with zero attached hydrogens (tertiary/aromatic N) is 2. The molecule has 0 spiro atoms. The largest absolute Gasteiger partial charge is 0.381 e. The van der Waals surface area contributed by atoms with E-state index < -0.39 is 0 Å². The van der Waals surface area contributed by atoms with Gasteiger partial charge in [0.2, 0.25) is 5.91 Å². The van der Waals surface area contributed by atoms with Crippen molar-refractivity contribution in [2.45, 2.75) is 32.1 Å². The minimum absolute atomic E-state index is 0.0921. The van der Waals surface area contributed by atoms with E-state index in [9.17, 15) is 4.79 Å². The zero-order valence-electron chi connectivity index (χ0n) is 14.7. The third-order valence-corrected chi connectivity index (χ3v) is 5.68. The van der Waals surface area contributed by atoms with Crippen molar-refractivity contribution in [1.82, 2.24) is 9.88 Å². The molecule has 132 valence electrons. The van der Waals surface area contributed by atoms with Gasteiger partial charge in [0.25, 0.3) is 0 Å². The molecule has 4 rings (SSSR count). The normalized spacial score (nSPS) is 22.2. The molecule has 1 aromatic heterocycles. The zero-order chi connectivity index (χ0) is 17.1. The van der Waals surface area contributed by atoms with E-state index in [0.717, 1.165) is 57.3 Å². The number of rotatable bonds is 3. The van der Waals surface area contributed by atoms with Crippen molar-refractivity contribution < 1.29 is 9.53 Å². The van der Waals surface area contributed by atoms with E-state index in [2.05, 4.69) is 34.1 Å². The second kappa shape index (κ2) is 7.52. The van der Waals surface area contributed by atoms with Crippen LogP contribution in [0.25, 0.3) is 10.9 Å². The summed E-state index contributed by atoms with van der Waals surface area (Å²) < 4.78 is 5.48. The van der Waals surface area contributed by atoms with Crippen molar-refractivity contribution in [2.24, 2.45) is 11.8 Å². The van der Waals surface area contributed by atoms with Crippen LogP contribution in [0.3, 0.4) is 0 Å². The molecule has 0 saturated carbocycles. The van der Waals surface area contributed by atoms with Crippen LogP contribution in [0.1, 0.15) is 31.2 Å². The number of hydrogen-bond donors (Lipinski definition) is 0. The highest BCUT2D eigenvalue weighted by molar-refractivity contribution is 5.82. The van der Waals surface area contributed by atoms with E-state index in [-0.39, 0.29) is 5.92 Å². The van der Waals surface area contributed by atoms with E-state index in [0.29, 0.717) is 18.4 Å². The summed E-state index contributed by atoms with van der Waals surface area (Å²) >= 11 is 0. The van der Waals surface area contributed by atoms with Crippen LogP contribution in [0, 0.1) is 11.8 Å². The summed E-state index contributed by atoms with van der Waals surface area (Å²) in [6.45, 7) is 3.21. The highest BCUT2D eigenvalue weighted by atomic mass is 16.5. The van der Waals surface area contributed by atoms with Crippen molar-refractivity contribution in [3.05, 3.63) is 42.1 Å². The minimum Gasteiger partial charge on any atom is -0.381 e. The van der Waals surface area contributed by atoms with E-state index in [1.807, 2.05) is 12.3 Å². The van der Waals surface area contributed by atoms with E-state index in [1.165, 1.54) is 10.9 Å². The molecule has 2 fully saturated rings. The molecule has 2 aliphatic rings. The predicted octanol–water partition coefficient (Wildman–Crippen LogP) is 3.44. The number of carbonyl (C=O) groups is 1. The minimum atomic E-state index is 0.0921. The molecule has 2 saturated heterocycles. The molecule has 1 atom stereocenters. The fraction of sp³-hybridized carbons (Fsp3) is 0.524. The monoisotopic (exact) mass is 338 g/mol. The number of carbonyl (C=O) groups excluding carboxylic acids is 1. The van der Waals surface area contributed by atoms with Crippen LogP contribution in [0.4, 0.5) is 0 Å². The quantitative estimate of drug-likeness (QED) is 0.861. The van der Waals surface area contributed by atoms with Crippen LogP contribution in [0.5, 0.6) is 0 Å². The number of piperidine rings is 1. The molecule has 2 aliphatic heterocycles. The van der Waals surface area contributed by atoms with Gasteiger partial charge in [-0.25, -0.2) is 0 Å². The van der Waals surface area contributed by atoms with Gasteiger partial charge in [0.15, 0.2) is 0 Å². The predicted molar refractivity (Wildman–Crippen MR) is 98.3 cm³/mol. The van der Waals surface area contributed by atoms with Crippen molar-refractivity contribution in [3.63, 3.8) is 0 Å². The maximum atomic E-state index is 12.6. The Morgan fingerprint density at radius 3 is 2.80 bits per heavy atom. The maximum absolute atomic E-state index is 12.6. The van der Waals surface area contributed by atoms with Gasteiger partial charge in [-0.15, -0.1) is 0 Å². The maximum Gasteiger partial charge on any atom is 0.228 e. The SMILES string of the molecule is O=C(C1CCCOC1)N1CCC(Cc2ccnc3ccccc23)CC1. The molecule has 1 unspecified atom stereocenters. The topological polar surface area (TPSA) is 42.4 Å². The van der Waals surface area contributed by atoms with Crippen LogP contribution < -0.4 is 0 Å². The number of benzene rings is 1. The van der Waals surface area contributed by atoms with Crippen molar-refractivity contribution in [2.75, 3.05) is 26.3 Å². The van der Waals surface area contributed by atoms with E-state index in [4.69, 9.17) is 4.74 Å². The highest BCUT2D eigenvalue weighted by Crippen LogP contribution is 2.27. The van der Waals surface area contributed by atoms with Crippen LogP contribution in [-0.2, 0) is 16.0 Å². The van der Waals surface area contributed by atoms with Gasteiger partial charge in [0, 0.05) is 31.3 Å². The Morgan fingerprint density at radius 1 is 1.16 bits per heavy atom. The second-order valence-electron chi connectivity index (χ2n) is 7.37. The first kappa shape index (κ1) is 16.5. The summed E-state index contributed by atoms with van der Waals surface area (Å²) in [6, 6.07) is 10.5. The molecule has 4 nitrogen and oxygen atoms in total. The van der Waals surface area contributed by atoms with E-state index in [1.54, 1.807) is 0 Å². The third kappa shape index (κ3) is 3.69. The van der Waals surface area contributed by atoms with Crippen LogP contribution in [-0.4, -0.2) is 42.1 Å². The Labute approximate surface area is 149 Å². The van der Waals surface area contributed by atoms with Crippen LogP contribution >= 0.6 is 0 Å². The van der Waals surface area contributed by atoms with Gasteiger partial charge in [-0.3, -0.25) is 9.78 Å². The number of pyridine rings is 1. The Kier molecular flexibility index (Phi) is 4.97. The number of ether oxygens (including phenoxy) is 1. The highest BCUT2D eigenvalue weighted by Gasteiger charge is 2.29. The van der Waals surface area contributed by atoms with Crippen LogP contribution in [0.15, 0.2) is 36.5 Å². The number of fused-ring (bicyclic) bond motifs is 1. The zero-order valence-corrected chi connectivity index (χ0v) is 14.7. The fourth-order valence-electron chi connectivity index (χ4n) is 4.20. The first-order valence-electron chi connectivity index (χ1n) is 9.50. The molecule has 0 N–H and O–H groups in total. The molecule has 0 radical (unpaired) electrons. The number of para-hydroxylation sites is 1. The lowest BCUT2D eigenvalue weighted by atomic mass is 9.88. The molecule has 2 aromatic rings. The molecule has 1 amide bonds. The Bertz CT molecular complexity index is 726. The van der Waals surface area contributed by atoms with Crippen molar-refractivity contribution in [3.8, 4) is 0 Å². The lowest BCUT2D eigenvalue weighted by Gasteiger charge is -2.35. The van der Waals surface area contributed by atoms with Gasteiger partial charge in [0.1, 0.15) is 0 Å². The van der Waals surface area contributed by atoms with Gasteiger partial charge in [-0.2, -0.15) is 0 Å². The molecule has 1 aromatic carbocycles. The Balaban J connectivity index is 1.36. The van der Waals surface area contributed by atoms with Gasteiger partial charge in [0.05, 0.1) is 18.0 Å². The fourth-order valence-corrected chi connectivity index (χ4v) is 4.20. The van der Waals surface area contributed by atoms with E-state index >= 15 is 0 Å². The van der Waals surface area contributed by atoms with Gasteiger partial charge < -0.3 is 9.64 Å². The standard InChI is InChI=1S/C21H26N2O2/c24-21(18-4-3-13-25-15-18)23-11-8-16(9-12-23)14-17-7-10-22-20-6-2-1-5-19(17)20/h1-2,5-7,10,16,18H,3-4,8-9,11-15H2. The summed E-state index contributed by atoms with van der Waals surface area (Å²) in [4.78, 5) is 19.2. The Hall–Kier alpha value is -1.94. The summed E-state index contributed by atoms with van der Waals surface area (Å²) in [5.74, 6) is 1.06. The second-order valence-corrected chi connectivity index (χ2v) is 7.37. The molecule has 3 heterocycles. The smallest absolute Gasteiger partial charge is 0.228 e. The lowest BCUT2D eigenvalue weighted by molar-refractivity contribution is -0.141. The number of likely N-dealkylation sites (tertiary alicyclic amines) is 1. The van der Waals surface area contributed by atoms with Gasteiger partial charge in [-0.1, -0.05) is 18.2 Å². The molecule has 4 heteroatoms. The lowest BCUT2D eigenvalue weighted by Crippen LogP contribution is -2.44. The van der Waals surface area contributed by atoms with Gasteiger partial charge >= 0.3 is 0 Å². The third-order valence-electron chi connectivity index (χ3n) is 5.68. The van der Waals surface area contributed by atoms with Crippen molar-refractivity contribution in [1.29, 1.82) is 0 Å². The summed E-state index contributed by atoms with van der Waals surface area (Å²) in [7, 11) is 0. The Morgan fingerprint density at radius 2 is 2.00 bits per heavy atom.